The molecule has 0 atom stereocenters. The quantitative estimate of drug-likeness (QED) is 0.652. The van der Waals surface area contributed by atoms with Crippen molar-refractivity contribution < 1.29 is 14.7 Å². The van der Waals surface area contributed by atoms with E-state index in [1.807, 2.05) is 49.9 Å². The predicted octanol–water partition coefficient (Wildman–Crippen LogP) is 4.91. The third kappa shape index (κ3) is 10.0. The molecule has 0 radical (unpaired) electrons. The van der Waals surface area contributed by atoms with Crippen molar-refractivity contribution >= 4 is 11.9 Å². The van der Waals surface area contributed by atoms with Crippen molar-refractivity contribution in [2.45, 2.75) is 66.2 Å². The maximum atomic E-state index is 11.9. The number of carbonyl (C=O) groups excluding carboxylic acids is 1. The summed E-state index contributed by atoms with van der Waals surface area (Å²) >= 11 is 0. The Balaban J connectivity index is 0.000000470. The fourth-order valence-corrected chi connectivity index (χ4v) is 2.35. The molecule has 0 saturated heterocycles. The molecule has 4 heteroatoms. The van der Waals surface area contributed by atoms with E-state index in [0.717, 1.165) is 37.1 Å². The van der Waals surface area contributed by atoms with Crippen LogP contribution in [0.2, 0.25) is 0 Å². The summed E-state index contributed by atoms with van der Waals surface area (Å²) in [5.41, 5.74) is 1.91. The van der Waals surface area contributed by atoms with Gasteiger partial charge in [-0.05, 0) is 39.3 Å². The molecule has 0 aromatic heterocycles. The van der Waals surface area contributed by atoms with Gasteiger partial charge >= 0.3 is 5.97 Å². The third-order valence-electron chi connectivity index (χ3n) is 3.81. The fraction of sp³-hybridized carbons (Fsp3) is 0.600. The molecule has 1 aromatic rings. The van der Waals surface area contributed by atoms with Gasteiger partial charge in [-0.15, -0.1) is 0 Å². The summed E-state index contributed by atoms with van der Waals surface area (Å²) in [6, 6.07) is 7.72. The minimum atomic E-state index is -0.670. The van der Waals surface area contributed by atoms with Crippen LogP contribution >= 0.6 is 0 Å². The number of carboxylic acid groups (broad SMARTS) is 1. The molecule has 1 amide bonds. The van der Waals surface area contributed by atoms with E-state index in [1.54, 1.807) is 0 Å². The van der Waals surface area contributed by atoms with Crippen LogP contribution in [0.1, 0.15) is 75.2 Å². The average molecular weight is 335 g/mol. The molecule has 0 aliphatic heterocycles. The largest absolute Gasteiger partial charge is 0.481 e. The van der Waals surface area contributed by atoms with Crippen molar-refractivity contribution in [2.24, 2.45) is 0 Å². The van der Waals surface area contributed by atoms with Gasteiger partial charge in [0.25, 0.3) is 5.91 Å². The van der Waals surface area contributed by atoms with Crippen LogP contribution in [-0.4, -0.2) is 35.0 Å². The molecular weight excluding hydrogens is 302 g/mol. The number of amides is 1. The van der Waals surface area contributed by atoms with Gasteiger partial charge in [-0.25, -0.2) is 0 Å². The number of nitrogens with zero attached hydrogens (tertiary/aromatic N) is 1. The number of unbranched alkanes of at least 4 members (excludes halogenated alkanes) is 4. The number of rotatable bonds is 9. The van der Waals surface area contributed by atoms with E-state index in [4.69, 9.17) is 5.11 Å². The second-order valence-electron chi connectivity index (χ2n) is 5.90. The van der Waals surface area contributed by atoms with Crippen molar-refractivity contribution in [3.8, 4) is 0 Å². The highest BCUT2D eigenvalue weighted by atomic mass is 16.4. The lowest BCUT2D eigenvalue weighted by Gasteiger charge is -2.18. The molecule has 0 bridgehead atoms. The van der Waals surface area contributed by atoms with E-state index in [0.29, 0.717) is 6.42 Å². The average Bonchev–Trinajstić information content (AvgIpc) is 2.56. The fourth-order valence-electron chi connectivity index (χ4n) is 2.35. The van der Waals surface area contributed by atoms with Crippen molar-refractivity contribution in [2.75, 3.05) is 13.1 Å². The van der Waals surface area contributed by atoms with Gasteiger partial charge in [0, 0.05) is 25.1 Å². The lowest BCUT2D eigenvalue weighted by atomic mass is 10.1. The summed E-state index contributed by atoms with van der Waals surface area (Å²) in [6.45, 7) is 9.68. The summed E-state index contributed by atoms with van der Waals surface area (Å²) in [5, 5.41) is 8.27. The van der Waals surface area contributed by atoms with Crippen LogP contribution in [-0.2, 0) is 4.79 Å². The Morgan fingerprint density at radius 3 is 2.12 bits per heavy atom. The highest BCUT2D eigenvalue weighted by molar-refractivity contribution is 5.94. The third-order valence-corrected chi connectivity index (χ3v) is 3.81. The van der Waals surface area contributed by atoms with Crippen LogP contribution in [0.15, 0.2) is 24.3 Å². The van der Waals surface area contributed by atoms with Gasteiger partial charge in [-0.2, -0.15) is 0 Å². The normalized spacial score (nSPS) is 9.83. The van der Waals surface area contributed by atoms with Crippen LogP contribution in [0.4, 0.5) is 0 Å². The lowest BCUT2D eigenvalue weighted by molar-refractivity contribution is -0.137. The standard InChI is InChI=1S/C12H17NO.C8H16O2/c1-4-13(5-2)12(14)11-8-6-7-10(3)9-11;1-2-3-4-5-6-7-8(9)10/h6-9H,4-5H2,1-3H3;2-7H2,1H3,(H,9,10). The zero-order chi connectivity index (χ0) is 18.4. The molecule has 0 unspecified atom stereocenters. The minimum absolute atomic E-state index is 0.124. The molecule has 1 N–H and O–H groups in total. The Kier molecular flexibility index (Phi) is 12.5. The second-order valence-corrected chi connectivity index (χ2v) is 5.90. The SMILES string of the molecule is CCCCCCCC(=O)O.CCN(CC)C(=O)c1cccc(C)c1. The Bertz CT molecular complexity index is 482. The van der Waals surface area contributed by atoms with Gasteiger partial charge in [-0.3, -0.25) is 9.59 Å². The predicted molar refractivity (Wildman–Crippen MR) is 99.4 cm³/mol. The molecule has 136 valence electrons. The zero-order valence-electron chi connectivity index (χ0n) is 15.7. The van der Waals surface area contributed by atoms with Crippen LogP contribution in [0.5, 0.6) is 0 Å². The maximum absolute atomic E-state index is 11.9. The van der Waals surface area contributed by atoms with Crippen molar-refractivity contribution in [1.82, 2.24) is 4.90 Å². The van der Waals surface area contributed by atoms with Gasteiger partial charge in [0.2, 0.25) is 0 Å². The summed E-state index contributed by atoms with van der Waals surface area (Å²) in [4.78, 5) is 23.7. The molecule has 0 aliphatic carbocycles. The lowest BCUT2D eigenvalue weighted by Crippen LogP contribution is -2.30. The van der Waals surface area contributed by atoms with Crippen molar-refractivity contribution in [3.05, 3.63) is 35.4 Å². The van der Waals surface area contributed by atoms with E-state index in [-0.39, 0.29) is 5.91 Å². The number of aryl methyl sites for hydroxylation is 1. The summed E-state index contributed by atoms with van der Waals surface area (Å²) in [7, 11) is 0. The first-order valence-corrected chi connectivity index (χ1v) is 9.03. The molecule has 1 aromatic carbocycles. The summed E-state index contributed by atoms with van der Waals surface area (Å²) in [6.07, 6.45) is 5.88. The van der Waals surface area contributed by atoms with Gasteiger partial charge in [0.15, 0.2) is 0 Å². The molecule has 0 aliphatic rings. The molecule has 0 heterocycles. The number of hydrogen-bond donors (Lipinski definition) is 1. The smallest absolute Gasteiger partial charge is 0.303 e. The topological polar surface area (TPSA) is 57.6 Å². The molecule has 1 rings (SSSR count). The Morgan fingerprint density at radius 2 is 1.62 bits per heavy atom. The molecular formula is C20H33NO3. The van der Waals surface area contributed by atoms with Gasteiger partial charge in [0.05, 0.1) is 0 Å². The Labute approximate surface area is 146 Å². The van der Waals surface area contributed by atoms with Gasteiger partial charge in [-0.1, -0.05) is 50.3 Å². The number of benzene rings is 1. The zero-order valence-corrected chi connectivity index (χ0v) is 15.7. The first-order valence-electron chi connectivity index (χ1n) is 9.03. The highest BCUT2D eigenvalue weighted by Crippen LogP contribution is 2.07. The van der Waals surface area contributed by atoms with E-state index in [1.165, 1.54) is 19.3 Å². The molecule has 0 spiro atoms. The van der Waals surface area contributed by atoms with E-state index >= 15 is 0 Å². The number of hydrogen-bond acceptors (Lipinski definition) is 2. The van der Waals surface area contributed by atoms with Crippen molar-refractivity contribution in [1.29, 1.82) is 0 Å². The van der Waals surface area contributed by atoms with Gasteiger partial charge < -0.3 is 10.0 Å². The summed E-state index contributed by atoms with van der Waals surface area (Å²) in [5.74, 6) is -0.546. The molecule has 4 nitrogen and oxygen atoms in total. The minimum Gasteiger partial charge on any atom is -0.481 e. The van der Waals surface area contributed by atoms with E-state index in [9.17, 15) is 9.59 Å². The second kappa shape index (κ2) is 13.6. The van der Waals surface area contributed by atoms with Crippen LogP contribution in [0.25, 0.3) is 0 Å². The van der Waals surface area contributed by atoms with E-state index in [2.05, 4.69) is 6.92 Å². The Hall–Kier alpha value is -1.84. The number of aliphatic carboxylic acids is 1. The monoisotopic (exact) mass is 335 g/mol. The highest BCUT2D eigenvalue weighted by Gasteiger charge is 2.11. The van der Waals surface area contributed by atoms with Gasteiger partial charge in [0.1, 0.15) is 0 Å². The Morgan fingerprint density at radius 1 is 1.00 bits per heavy atom. The first-order chi connectivity index (χ1) is 11.5. The van der Waals surface area contributed by atoms with E-state index < -0.39 is 5.97 Å². The number of carbonyl (C=O) groups is 2. The van der Waals surface area contributed by atoms with Crippen LogP contribution < -0.4 is 0 Å². The molecule has 0 fully saturated rings. The van der Waals surface area contributed by atoms with Crippen LogP contribution in [0, 0.1) is 6.92 Å². The number of carboxylic acids is 1. The summed E-state index contributed by atoms with van der Waals surface area (Å²) < 4.78 is 0. The first kappa shape index (κ1) is 22.2. The molecule has 0 saturated carbocycles. The van der Waals surface area contributed by atoms with Crippen LogP contribution in [0.3, 0.4) is 0 Å². The van der Waals surface area contributed by atoms with Crippen molar-refractivity contribution in [3.63, 3.8) is 0 Å². The molecule has 24 heavy (non-hydrogen) atoms. The maximum Gasteiger partial charge on any atom is 0.303 e.